The number of rotatable bonds is 11. The summed E-state index contributed by atoms with van der Waals surface area (Å²) in [6.45, 7) is 27.5. The Hall–Kier alpha value is -10.1. The van der Waals surface area contributed by atoms with Crippen LogP contribution in [-0.2, 0) is 27.1 Å². The third-order valence-corrected chi connectivity index (χ3v) is 20.0. The van der Waals surface area contributed by atoms with Gasteiger partial charge in [0, 0.05) is 0 Å². The molecule has 13 aromatic carbocycles. The Balaban J connectivity index is 1.03. The molecule has 0 saturated heterocycles. The average molecular weight is 1230 g/mol. The van der Waals surface area contributed by atoms with E-state index in [0.717, 1.165) is 11.1 Å². The van der Waals surface area contributed by atoms with E-state index in [-0.39, 0.29) is 21.7 Å². The maximum Gasteiger partial charge on any atom is 0.0714 e. The molecule has 14 rings (SSSR count). The highest BCUT2D eigenvalue weighted by Crippen LogP contribution is 2.60. The van der Waals surface area contributed by atoms with Gasteiger partial charge in [0.15, 0.2) is 0 Å². The van der Waals surface area contributed by atoms with Crippen LogP contribution in [0.25, 0.3) is 111 Å². The van der Waals surface area contributed by atoms with Crippen LogP contribution < -0.4 is 0 Å². The van der Waals surface area contributed by atoms with Crippen molar-refractivity contribution in [2.45, 2.75) is 110 Å². The van der Waals surface area contributed by atoms with Crippen molar-refractivity contribution < 1.29 is 0 Å². The van der Waals surface area contributed by atoms with Crippen LogP contribution in [0.4, 0.5) is 0 Å². The van der Waals surface area contributed by atoms with Crippen molar-refractivity contribution in [2.24, 2.45) is 0 Å². The summed E-state index contributed by atoms with van der Waals surface area (Å²) in [7, 11) is 0. The largest absolute Gasteiger partial charge is 0.0714 e. The molecule has 0 aliphatic heterocycles. The first kappa shape index (κ1) is 62.3. The Morgan fingerprint density at radius 2 is 0.453 bits per heavy atom. The van der Waals surface area contributed by atoms with E-state index in [1.807, 2.05) is 0 Å². The Labute approximate surface area is 565 Å². The fourth-order valence-electron chi connectivity index (χ4n) is 14.5. The molecule has 0 aromatic heterocycles. The summed E-state index contributed by atoms with van der Waals surface area (Å²) in [6, 6.07) is 116. The summed E-state index contributed by atoms with van der Waals surface area (Å²) in [4.78, 5) is 0. The molecular weight excluding hydrogens is 1140 g/mol. The molecule has 0 N–H and O–H groups in total. The molecule has 0 radical (unpaired) electrons. The SMILES string of the molecule is CC(C)(C)c1ccc(-c2cc(-c3ccc(C(C)(C)C)cc3)cc(-c3cccc(C4(c5cccc(-c6cc(-c7ccc(C(C)(C)C)cc7)cc(-c7ccc(C(C)(C)C)cc7)c6)c5)c5cc(-c6ccccc6)ccc5-c5c(-c6cccc(-c7ccccc7)c6)cccc54)c3)c2)cc1. The average Bonchev–Trinajstić information content (AvgIpc) is 1.54. The second-order valence-corrected chi connectivity index (χ2v) is 30.6. The van der Waals surface area contributed by atoms with Crippen LogP contribution in [-0.4, -0.2) is 0 Å². The van der Waals surface area contributed by atoms with Gasteiger partial charge < -0.3 is 0 Å². The van der Waals surface area contributed by atoms with Gasteiger partial charge in [-0.2, -0.15) is 0 Å². The molecule has 0 nitrogen and oxygen atoms in total. The van der Waals surface area contributed by atoms with Crippen LogP contribution in [0.3, 0.4) is 0 Å². The summed E-state index contributed by atoms with van der Waals surface area (Å²) in [5, 5.41) is 0. The fraction of sp³-hybridized carbons (Fsp3) is 0.179. The molecule has 95 heavy (non-hydrogen) atoms. The standard InChI is InChI=1S/C95H86/c1-91(2,3)80-44-35-65(36-45-80)74-54-75(66-37-46-81(47-38-66)92(4,5)6)57-78(56-74)70-28-20-31-84(60-70)95(85-32-21-29-71(61-85)79-58-76(67-39-48-82(49-40-67)93(7,8)9)55-77(59-79)68-41-50-83(51-42-68)94(10,11)12)88-34-22-33-86(73-30-19-27-69(53-73)63-23-15-13-16-24-63)90(88)87-52-43-72(62-89(87)95)64-25-17-14-18-26-64/h13-62H,1-12H3. The first-order valence-corrected chi connectivity index (χ1v) is 34.0. The Morgan fingerprint density at radius 3 is 0.821 bits per heavy atom. The summed E-state index contributed by atoms with van der Waals surface area (Å²) in [5.74, 6) is 0. The number of hydrogen-bond acceptors (Lipinski definition) is 0. The zero-order chi connectivity index (χ0) is 66.0. The lowest BCUT2D eigenvalue weighted by Crippen LogP contribution is -2.28. The lowest BCUT2D eigenvalue weighted by atomic mass is 9.66. The van der Waals surface area contributed by atoms with Gasteiger partial charge in [-0.05, 0) is 238 Å². The second kappa shape index (κ2) is 24.3. The quantitative estimate of drug-likeness (QED) is 0.121. The number of hydrogen-bond donors (Lipinski definition) is 0. The van der Waals surface area contributed by atoms with Crippen molar-refractivity contribution in [3.63, 3.8) is 0 Å². The van der Waals surface area contributed by atoms with E-state index in [0.29, 0.717) is 0 Å². The van der Waals surface area contributed by atoms with Crippen LogP contribution in [0, 0.1) is 0 Å². The van der Waals surface area contributed by atoms with Gasteiger partial charge in [-0.25, -0.2) is 0 Å². The molecule has 0 bridgehead atoms. The predicted octanol–water partition coefficient (Wildman–Crippen LogP) is 26.2. The number of fused-ring (bicyclic) bond motifs is 3. The zero-order valence-corrected chi connectivity index (χ0v) is 57.4. The third-order valence-electron chi connectivity index (χ3n) is 20.0. The minimum Gasteiger partial charge on any atom is -0.0622 e. The number of benzene rings is 13. The van der Waals surface area contributed by atoms with Crippen molar-refractivity contribution in [1.29, 1.82) is 0 Å². The van der Waals surface area contributed by atoms with Gasteiger partial charge in [0.2, 0.25) is 0 Å². The molecule has 0 heteroatoms. The van der Waals surface area contributed by atoms with Gasteiger partial charge >= 0.3 is 0 Å². The summed E-state index contributed by atoms with van der Waals surface area (Å²) in [5.41, 5.74) is 33.4. The smallest absolute Gasteiger partial charge is 0.0622 e. The van der Waals surface area contributed by atoms with Crippen molar-refractivity contribution in [3.8, 4) is 111 Å². The molecule has 0 saturated carbocycles. The van der Waals surface area contributed by atoms with E-state index >= 15 is 0 Å². The minimum absolute atomic E-state index is 0.0351. The van der Waals surface area contributed by atoms with E-state index < -0.39 is 5.41 Å². The molecule has 0 spiro atoms. The molecule has 0 atom stereocenters. The molecule has 13 aromatic rings. The Morgan fingerprint density at radius 1 is 0.179 bits per heavy atom. The van der Waals surface area contributed by atoms with E-state index in [2.05, 4.69) is 386 Å². The monoisotopic (exact) mass is 1230 g/mol. The lowest BCUT2D eigenvalue weighted by molar-refractivity contribution is 0.590. The normalized spacial score (nSPS) is 12.9. The van der Waals surface area contributed by atoms with Crippen LogP contribution in [0.5, 0.6) is 0 Å². The minimum atomic E-state index is -0.813. The molecule has 0 unspecified atom stereocenters. The summed E-state index contributed by atoms with van der Waals surface area (Å²) < 4.78 is 0. The Kier molecular flexibility index (Phi) is 16.0. The molecule has 1 aliphatic carbocycles. The zero-order valence-electron chi connectivity index (χ0n) is 57.4. The van der Waals surface area contributed by atoms with Crippen LogP contribution >= 0.6 is 0 Å². The first-order valence-electron chi connectivity index (χ1n) is 34.0. The van der Waals surface area contributed by atoms with Crippen LogP contribution in [0.15, 0.2) is 303 Å². The van der Waals surface area contributed by atoms with Crippen molar-refractivity contribution >= 4 is 0 Å². The van der Waals surface area contributed by atoms with Crippen molar-refractivity contribution in [2.75, 3.05) is 0 Å². The second-order valence-electron chi connectivity index (χ2n) is 30.6. The predicted molar refractivity (Wildman–Crippen MR) is 407 cm³/mol. The van der Waals surface area contributed by atoms with E-state index in [4.69, 9.17) is 0 Å². The summed E-state index contributed by atoms with van der Waals surface area (Å²) >= 11 is 0. The highest BCUT2D eigenvalue weighted by Gasteiger charge is 2.47. The van der Waals surface area contributed by atoms with E-state index in [1.54, 1.807) is 0 Å². The highest BCUT2D eigenvalue weighted by molar-refractivity contribution is 5.98. The van der Waals surface area contributed by atoms with E-state index in [1.165, 1.54) is 145 Å². The van der Waals surface area contributed by atoms with E-state index in [9.17, 15) is 0 Å². The lowest BCUT2D eigenvalue weighted by Gasteiger charge is -2.35. The van der Waals surface area contributed by atoms with Gasteiger partial charge in [-0.3, -0.25) is 0 Å². The maximum atomic E-state index is 2.53. The fourth-order valence-corrected chi connectivity index (χ4v) is 14.5. The summed E-state index contributed by atoms with van der Waals surface area (Å²) in [6.07, 6.45) is 0. The molecule has 0 amide bonds. The van der Waals surface area contributed by atoms with Crippen molar-refractivity contribution in [3.05, 3.63) is 348 Å². The van der Waals surface area contributed by atoms with Gasteiger partial charge in [0.1, 0.15) is 0 Å². The van der Waals surface area contributed by atoms with Crippen molar-refractivity contribution in [1.82, 2.24) is 0 Å². The molecular formula is C95H86. The first-order chi connectivity index (χ1) is 45.6. The van der Waals surface area contributed by atoms with Crippen LogP contribution in [0.1, 0.15) is 128 Å². The van der Waals surface area contributed by atoms with Gasteiger partial charge in [0.05, 0.1) is 5.41 Å². The molecule has 1 aliphatic rings. The Bertz CT molecular complexity index is 4590. The van der Waals surface area contributed by atoms with Gasteiger partial charge in [0.25, 0.3) is 0 Å². The van der Waals surface area contributed by atoms with Crippen LogP contribution in [0.2, 0.25) is 0 Å². The molecule has 466 valence electrons. The highest BCUT2D eigenvalue weighted by atomic mass is 14.5. The topological polar surface area (TPSA) is 0 Å². The third kappa shape index (κ3) is 12.2. The molecule has 0 heterocycles. The maximum absolute atomic E-state index is 2.53. The van der Waals surface area contributed by atoms with Gasteiger partial charge in [-0.1, -0.05) is 326 Å². The van der Waals surface area contributed by atoms with Gasteiger partial charge in [-0.15, -0.1) is 0 Å². The molecule has 0 fully saturated rings.